The first-order chi connectivity index (χ1) is 7.27. The molecule has 15 heavy (non-hydrogen) atoms. The first-order valence-corrected chi connectivity index (χ1v) is 5.31. The van der Waals surface area contributed by atoms with E-state index >= 15 is 0 Å². The molecule has 0 atom stereocenters. The molecule has 0 aromatic carbocycles. The van der Waals surface area contributed by atoms with Gasteiger partial charge in [0.25, 0.3) is 0 Å². The van der Waals surface area contributed by atoms with Crippen molar-refractivity contribution < 1.29 is 0 Å². The number of allylic oxidation sites excluding steroid dienone is 1. The number of nitrogens with zero attached hydrogens (tertiary/aromatic N) is 4. The summed E-state index contributed by atoms with van der Waals surface area (Å²) in [6.45, 7) is 7.83. The molecule has 84 valence electrons. The number of aliphatic imine (C=N–C) groups is 2. The Morgan fingerprint density at radius 2 is 2.00 bits per heavy atom. The SMILES string of the molecule is C=CCC=NC(=NC)N1CCN(C)CC1. The fourth-order valence-electron chi connectivity index (χ4n) is 1.50. The minimum Gasteiger partial charge on any atom is -0.339 e. The van der Waals surface area contributed by atoms with Gasteiger partial charge in [0.15, 0.2) is 0 Å². The van der Waals surface area contributed by atoms with Crippen molar-refractivity contribution in [2.75, 3.05) is 40.3 Å². The summed E-state index contributed by atoms with van der Waals surface area (Å²) >= 11 is 0. The monoisotopic (exact) mass is 208 g/mol. The normalized spacial score (nSPS) is 19.9. The van der Waals surface area contributed by atoms with Gasteiger partial charge in [0, 0.05) is 45.9 Å². The fraction of sp³-hybridized carbons (Fsp3) is 0.636. The van der Waals surface area contributed by atoms with Crippen LogP contribution in [0.2, 0.25) is 0 Å². The van der Waals surface area contributed by atoms with E-state index in [9.17, 15) is 0 Å². The van der Waals surface area contributed by atoms with Gasteiger partial charge in [0.2, 0.25) is 5.96 Å². The minimum absolute atomic E-state index is 0.798. The van der Waals surface area contributed by atoms with Crippen molar-refractivity contribution in [2.45, 2.75) is 6.42 Å². The fourth-order valence-corrected chi connectivity index (χ4v) is 1.50. The number of guanidine groups is 1. The molecule has 1 heterocycles. The molecule has 0 aromatic heterocycles. The lowest BCUT2D eigenvalue weighted by atomic mass is 10.3. The molecule has 0 aliphatic carbocycles. The van der Waals surface area contributed by atoms with Gasteiger partial charge in [0.05, 0.1) is 0 Å². The topological polar surface area (TPSA) is 31.2 Å². The number of hydrogen-bond acceptors (Lipinski definition) is 2. The highest BCUT2D eigenvalue weighted by Crippen LogP contribution is 2.01. The molecule has 1 rings (SSSR count). The predicted octanol–water partition coefficient (Wildman–Crippen LogP) is 0.867. The third-order valence-corrected chi connectivity index (χ3v) is 2.46. The third kappa shape index (κ3) is 3.83. The largest absolute Gasteiger partial charge is 0.339 e. The Kier molecular flexibility index (Phi) is 5.04. The molecule has 0 N–H and O–H groups in total. The molecule has 0 radical (unpaired) electrons. The molecule has 0 aromatic rings. The first kappa shape index (κ1) is 11.9. The molecule has 1 fully saturated rings. The van der Waals surface area contributed by atoms with Gasteiger partial charge < -0.3 is 9.80 Å². The molecule has 1 aliphatic rings. The summed E-state index contributed by atoms with van der Waals surface area (Å²) in [6, 6.07) is 0. The molecular formula is C11H20N4. The summed E-state index contributed by atoms with van der Waals surface area (Å²) in [5.74, 6) is 0.838. The highest BCUT2D eigenvalue weighted by atomic mass is 15.3. The minimum atomic E-state index is 0.798. The number of hydrogen-bond donors (Lipinski definition) is 0. The highest BCUT2D eigenvalue weighted by Gasteiger charge is 2.15. The zero-order chi connectivity index (χ0) is 11.1. The van der Waals surface area contributed by atoms with Crippen molar-refractivity contribution in [1.82, 2.24) is 9.80 Å². The van der Waals surface area contributed by atoms with Crippen LogP contribution < -0.4 is 0 Å². The molecule has 0 saturated carbocycles. The molecule has 1 saturated heterocycles. The quantitative estimate of drug-likeness (QED) is 0.383. The van der Waals surface area contributed by atoms with E-state index < -0.39 is 0 Å². The zero-order valence-electron chi connectivity index (χ0n) is 9.69. The Labute approximate surface area is 92.0 Å². The van der Waals surface area contributed by atoms with Crippen LogP contribution in [0.25, 0.3) is 0 Å². The summed E-state index contributed by atoms with van der Waals surface area (Å²) in [4.78, 5) is 13.1. The zero-order valence-corrected chi connectivity index (χ0v) is 9.69. The van der Waals surface area contributed by atoms with E-state index in [1.54, 1.807) is 7.05 Å². The van der Waals surface area contributed by atoms with Crippen LogP contribution in [-0.4, -0.2) is 62.2 Å². The highest BCUT2D eigenvalue weighted by molar-refractivity contribution is 5.88. The predicted molar refractivity (Wildman–Crippen MR) is 65.7 cm³/mol. The summed E-state index contributed by atoms with van der Waals surface area (Å²) in [5.41, 5.74) is 0. The van der Waals surface area contributed by atoms with Crippen LogP contribution in [0.15, 0.2) is 22.6 Å². The van der Waals surface area contributed by atoms with Crippen LogP contribution in [0.1, 0.15) is 6.42 Å². The lowest BCUT2D eigenvalue weighted by molar-refractivity contribution is 0.214. The van der Waals surface area contributed by atoms with Crippen LogP contribution in [0, 0.1) is 0 Å². The van der Waals surface area contributed by atoms with E-state index in [2.05, 4.69) is 33.4 Å². The lowest BCUT2D eigenvalue weighted by Crippen LogP contribution is -2.46. The van der Waals surface area contributed by atoms with E-state index in [1.807, 2.05) is 12.3 Å². The summed E-state index contributed by atoms with van der Waals surface area (Å²) in [6.07, 6.45) is 4.49. The molecule has 4 nitrogen and oxygen atoms in total. The van der Waals surface area contributed by atoms with Crippen molar-refractivity contribution in [2.24, 2.45) is 9.98 Å². The van der Waals surface area contributed by atoms with Crippen LogP contribution in [0.3, 0.4) is 0 Å². The van der Waals surface area contributed by atoms with Crippen LogP contribution >= 0.6 is 0 Å². The summed E-state index contributed by atoms with van der Waals surface area (Å²) < 4.78 is 0. The molecular weight excluding hydrogens is 188 g/mol. The summed E-state index contributed by atoms with van der Waals surface area (Å²) in [5, 5.41) is 0. The number of likely N-dealkylation sites (N-methyl/N-ethyl adjacent to an activating group) is 1. The van der Waals surface area contributed by atoms with Gasteiger partial charge in [-0.25, -0.2) is 4.99 Å². The van der Waals surface area contributed by atoms with Crippen molar-refractivity contribution in [1.29, 1.82) is 0 Å². The van der Waals surface area contributed by atoms with Crippen molar-refractivity contribution >= 4 is 12.2 Å². The van der Waals surface area contributed by atoms with E-state index in [4.69, 9.17) is 0 Å². The van der Waals surface area contributed by atoms with Gasteiger partial charge in [-0.2, -0.15) is 0 Å². The van der Waals surface area contributed by atoms with Gasteiger partial charge in [-0.1, -0.05) is 6.08 Å². The van der Waals surface area contributed by atoms with Gasteiger partial charge in [-0.3, -0.25) is 4.99 Å². The maximum absolute atomic E-state index is 4.34. The average Bonchev–Trinajstić information content (AvgIpc) is 2.26. The van der Waals surface area contributed by atoms with Gasteiger partial charge in [0.1, 0.15) is 0 Å². The third-order valence-electron chi connectivity index (χ3n) is 2.46. The molecule has 0 bridgehead atoms. The average molecular weight is 208 g/mol. The molecule has 0 spiro atoms. The standard InChI is InChI=1S/C11H20N4/c1-4-5-6-13-11(12-2)15-9-7-14(3)8-10-15/h4,6H,1,5,7-10H2,2-3H3. The lowest BCUT2D eigenvalue weighted by Gasteiger charge is -2.32. The van der Waals surface area contributed by atoms with Gasteiger partial charge in [-0.05, 0) is 7.05 Å². The smallest absolute Gasteiger partial charge is 0.220 e. The Hall–Kier alpha value is -1.16. The van der Waals surface area contributed by atoms with E-state index in [0.717, 1.165) is 38.6 Å². The van der Waals surface area contributed by atoms with Crippen molar-refractivity contribution in [3.63, 3.8) is 0 Å². The Morgan fingerprint density at radius 1 is 1.33 bits per heavy atom. The van der Waals surface area contributed by atoms with Gasteiger partial charge in [-0.15, -0.1) is 6.58 Å². The maximum Gasteiger partial charge on any atom is 0.220 e. The molecule has 1 aliphatic heterocycles. The van der Waals surface area contributed by atoms with Crippen LogP contribution in [0.4, 0.5) is 0 Å². The van der Waals surface area contributed by atoms with E-state index in [1.165, 1.54) is 0 Å². The first-order valence-electron chi connectivity index (χ1n) is 5.31. The second kappa shape index (κ2) is 6.35. The van der Waals surface area contributed by atoms with Crippen molar-refractivity contribution in [3.8, 4) is 0 Å². The Morgan fingerprint density at radius 3 is 2.53 bits per heavy atom. The summed E-state index contributed by atoms with van der Waals surface area (Å²) in [7, 11) is 3.93. The Balaban J connectivity index is 2.48. The van der Waals surface area contributed by atoms with E-state index in [0.29, 0.717) is 0 Å². The Bertz CT molecular complexity index is 249. The van der Waals surface area contributed by atoms with Crippen LogP contribution in [-0.2, 0) is 0 Å². The van der Waals surface area contributed by atoms with Crippen molar-refractivity contribution in [3.05, 3.63) is 12.7 Å². The van der Waals surface area contributed by atoms with Gasteiger partial charge >= 0.3 is 0 Å². The molecule has 0 amide bonds. The second-order valence-electron chi connectivity index (χ2n) is 3.65. The second-order valence-corrected chi connectivity index (χ2v) is 3.65. The molecule has 4 heteroatoms. The van der Waals surface area contributed by atoms with Crippen LogP contribution in [0.5, 0.6) is 0 Å². The van der Waals surface area contributed by atoms with E-state index in [-0.39, 0.29) is 0 Å². The molecule has 0 unspecified atom stereocenters. The number of rotatable bonds is 2. The number of piperazine rings is 1. The maximum atomic E-state index is 4.34.